The van der Waals surface area contributed by atoms with Crippen LogP contribution in [0.15, 0.2) is 42.5 Å². The summed E-state index contributed by atoms with van der Waals surface area (Å²) in [6, 6.07) is 15.0. The molecule has 0 heterocycles. The van der Waals surface area contributed by atoms with E-state index < -0.39 is 0 Å². The molecule has 0 saturated carbocycles. The average Bonchev–Trinajstić information content (AvgIpc) is 2.50. The third-order valence-electron chi connectivity index (χ3n) is 3.90. The fourth-order valence-corrected chi connectivity index (χ4v) is 2.90. The zero-order chi connectivity index (χ0) is 16.1. The molecular weight excluding hydrogens is 288 g/mol. The van der Waals surface area contributed by atoms with Crippen molar-refractivity contribution >= 4 is 23.0 Å². The summed E-state index contributed by atoms with van der Waals surface area (Å²) in [5.74, 6) is 0. The quantitative estimate of drug-likeness (QED) is 0.784. The highest BCUT2D eigenvalue weighted by Crippen LogP contribution is 2.20. The molecule has 2 rings (SSSR count). The van der Waals surface area contributed by atoms with Crippen LogP contribution in [0.25, 0.3) is 0 Å². The average molecular weight is 312 g/mol. The predicted molar refractivity (Wildman–Crippen MR) is 99.5 cm³/mol. The van der Waals surface area contributed by atoms with E-state index in [-0.39, 0.29) is 6.04 Å². The summed E-state index contributed by atoms with van der Waals surface area (Å²) in [5, 5.41) is 7.36. The van der Waals surface area contributed by atoms with Gasteiger partial charge >= 0.3 is 0 Å². The van der Waals surface area contributed by atoms with Crippen LogP contribution in [-0.4, -0.2) is 5.11 Å². The van der Waals surface area contributed by atoms with Crippen LogP contribution in [-0.2, 0) is 6.42 Å². The van der Waals surface area contributed by atoms with E-state index in [1.54, 1.807) is 0 Å². The van der Waals surface area contributed by atoms with Gasteiger partial charge in [-0.25, -0.2) is 0 Å². The molecule has 0 unspecified atom stereocenters. The molecule has 22 heavy (non-hydrogen) atoms. The van der Waals surface area contributed by atoms with Crippen LogP contribution in [0, 0.1) is 13.8 Å². The fourth-order valence-electron chi connectivity index (χ4n) is 2.61. The summed E-state index contributed by atoms with van der Waals surface area (Å²) < 4.78 is 0. The van der Waals surface area contributed by atoms with E-state index in [0.29, 0.717) is 5.11 Å². The number of benzene rings is 2. The highest BCUT2D eigenvalue weighted by Gasteiger charge is 2.10. The maximum absolute atomic E-state index is 5.47. The Labute approximate surface area is 139 Å². The maximum atomic E-state index is 5.47. The number of nitrogens with one attached hydrogen (secondary N) is 2. The van der Waals surface area contributed by atoms with Gasteiger partial charge in [0.25, 0.3) is 0 Å². The van der Waals surface area contributed by atoms with E-state index in [4.69, 9.17) is 12.2 Å². The lowest BCUT2D eigenvalue weighted by molar-refractivity contribution is 0.716. The van der Waals surface area contributed by atoms with Crippen molar-refractivity contribution in [2.24, 2.45) is 0 Å². The normalized spacial score (nSPS) is 11.8. The van der Waals surface area contributed by atoms with E-state index >= 15 is 0 Å². The number of hydrogen-bond acceptors (Lipinski definition) is 1. The van der Waals surface area contributed by atoms with Gasteiger partial charge in [-0.05, 0) is 62.2 Å². The summed E-state index contributed by atoms with van der Waals surface area (Å²) in [6.45, 7) is 8.54. The number of thiocarbonyl (C=S) groups is 1. The molecule has 2 N–H and O–H groups in total. The van der Waals surface area contributed by atoms with Gasteiger partial charge in [0.15, 0.2) is 5.11 Å². The summed E-state index contributed by atoms with van der Waals surface area (Å²) >= 11 is 5.47. The van der Waals surface area contributed by atoms with Crippen molar-refractivity contribution < 1.29 is 0 Å². The van der Waals surface area contributed by atoms with E-state index in [0.717, 1.165) is 12.1 Å². The van der Waals surface area contributed by atoms with Crippen LogP contribution >= 0.6 is 12.2 Å². The number of hydrogen-bond donors (Lipinski definition) is 2. The Kier molecular flexibility index (Phi) is 5.56. The van der Waals surface area contributed by atoms with E-state index in [1.807, 2.05) is 6.07 Å². The first-order chi connectivity index (χ1) is 10.5. The number of para-hydroxylation sites is 1. The van der Waals surface area contributed by atoms with Crippen molar-refractivity contribution in [1.29, 1.82) is 0 Å². The molecule has 2 aromatic carbocycles. The molecule has 0 aliphatic heterocycles. The third-order valence-corrected chi connectivity index (χ3v) is 4.12. The molecule has 0 bridgehead atoms. The van der Waals surface area contributed by atoms with Crippen LogP contribution < -0.4 is 10.6 Å². The summed E-state index contributed by atoms with van der Waals surface area (Å²) in [6.07, 6.45) is 0.984. The molecule has 0 aromatic heterocycles. The standard InChI is InChI=1S/C19H24N2S/c1-5-16-8-6-7-9-18(16)21-19(22)20-15(4)17-12-13(2)10-11-14(17)3/h6-12,15H,5H2,1-4H3,(H2,20,21,22)/t15-/m1/s1. The number of anilines is 1. The van der Waals surface area contributed by atoms with Crippen molar-refractivity contribution in [1.82, 2.24) is 5.32 Å². The number of aryl methyl sites for hydroxylation is 3. The molecular formula is C19H24N2S. The third kappa shape index (κ3) is 4.08. The van der Waals surface area contributed by atoms with Gasteiger partial charge in [-0.3, -0.25) is 0 Å². The van der Waals surface area contributed by atoms with Gasteiger partial charge in [-0.2, -0.15) is 0 Å². The van der Waals surface area contributed by atoms with Crippen molar-refractivity contribution in [2.45, 2.75) is 40.2 Å². The molecule has 0 fully saturated rings. The van der Waals surface area contributed by atoms with Gasteiger partial charge in [0, 0.05) is 5.69 Å². The first kappa shape index (κ1) is 16.5. The van der Waals surface area contributed by atoms with Crippen LogP contribution in [0.1, 0.15) is 42.1 Å². The largest absolute Gasteiger partial charge is 0.356 e. The van der Waals surface area contributed by atoms with Crippen molar-refractivity contribution in [3.8, 4) is 0 Å². The minimum absolute atomic E-state index is 0.175. The van der Waals surface area contributed by atoms with Crippen molar-refractivity contribution in [2.75, 3.05) is 5.32 Å². The second-order valence-corrected chi connectivity index (χ2v) is 6.10. The maximum Gasteiger partial charge on any atom is 0.171 e. The Balaban J connectivity index is 2.07. The molecule has 0 amide bonds. The molecule has 0 aliphatic rings. The van der Waals surface area contributed by atoms with E-state index in [9.17, 15) is 0 Å². The lowest BCUT2D eigenvalue weighted by Gasteiger charge is -2.20. The van der Waals surface area contributed by atoms with Gasteiger partial charge in [0.1, 0.15) is 0 Å². The molecule has 116 valence electrons. The lowest BCUT2D eigenvalue weighted by atomic mass is 10.0. The summed E-state index contributed by atoms with van der Waals surface area (Å²) in [7, 11) is 0. The molecule has 1 atom stereocenters. The second-order valence-electron chi connectivity index (χ2n) is 5.69. The topological polar surface area (TPSA) is 24.1 Å². The minimum atomic E-state index is 0.175. The van der Waals surface area contributed by atoms with E-state index in [2.05, 4.69) is 74.7 Å². The zero-order valence-corrected chi connectivity index (χ0v) is 14.6. The van der Waals surface area contributed by atoms with Gasteiger partial charge in [0.05, 0.1) is 6.04 Å². The molecule has 0 radical (unpaired) electrons. The highest BCUT2D eigenvalue weighted by atomic mass is 32.1. The zero-order valence-electron chi connectivity index (χ0n) is 13.7. The Morgan fingerprint density at radius 1 is 1.14 bits per heavy atom. The lowest BCUT2D eigenvalue weighted by Crippen LogP contribution is -2.31. The summed E-state index contributed by atoms with van der Waals surface area (Å²) in [5.41, 5.74) is 6.18. The Hall–Kier alpha value is -1.87. The minimum Gasteiger partial charge on any atom is -0.356 e. The van der Waals surface area contributed by atoms with Crippen LogP contribution in [0.3, 0.4) is 0 Å². The molecule has 0 spiro atoms. The smallest absolute Gasteiger partial charge is 0.171 e. The van der Waals surface area contributed by atoms with Crippen LogP contribution in [0.5, 0.6) is 0 Å². The Morgan fingerprint density at radius 2 is 1.86 bits per heavy atom. The van der Waals surface area contributed by atoms with Gasteiger partial charge < -0.3 is 10.6 Å². The fraction of sp³-hybridized carbons (Fsp3) is 0.316. The van der Waals surface area contributed by atoms with Crippen molar-refractivity contribution in [3.05, 3.63) is 64.7 Å². The Bertz CT molecular complexity index is 664. The molecule has 2 aromatic rings. The van der Waals surface area contributed by atoms with Gasteiger partial charge in [0.2, 0.25) is 0 Å². The highest BCUT2D eigenvalue weighted by molar-refractivity contribution is 7.80. The first-order valence-electron chi connectivity index (χ1n) is 7.73. The number of rotatable bonds is 4. The predicted octanol–water partition coefficient (Wildman–Crippen LogP) is 4.91. The van der Waals surface area contributed by atoms with Crippen molar-refractivity contribution in [3.63, 3.8) is 0 Å². The monoisotopic (exact) mass is 312 g/mol. The molecule has 0 saturated heterocycles. The Morgan fingerprint density at radius 3 is 2.59 bits per heavy atom. The van der Waals surface area contributed by atoms with Gasteiger partial charge in [-0.15, -0.1) is 0 Å². The van der Waals surface area contributed by atoms with Crippen LogP contribution in [0.4, 0.5) is 5.69 Å². The SMILES string of the molecule is CCc1ccccc1NC(=S)N[C@H](C)c1cc(C)ccc1C. The molecule has 3 heteroatoms. The van der Waals surface area contributed by atoms with Crippen LogP contribution in [0.2, 0.25) is 0 Å². The van der Waals surface area contributed by atoms with Gasteiger partial charge in [-0.1, -0.05) is 48.9 Å². The molecule has 0 aliphatic carbocycles. The first-order valence-corrected chi connectivity index (χ1v) is 8.14. The molecule has 2 nitrogen and oxygen atoms in total. The second kappa shape index (κ2) is 7.41. The summed E-state index contributed by atoms with van der Waals surface area (Å²) in [4.78, 5) is 0. The van der Waals surface area contributed by atoms with E-state index in [1.165, 1.54) is 22.3 Å².